The second-order valence-corrected chi connectivity index (χ2v) is 5.13. The summed E-state index contributed by atoms with van der Waals surface area (Å²) in [6.45, 7) is 5.02. The molecule has 0 saturated heterocycles. The second kappa shape index (κ2) is 9.00. The zero-order chi connectivity index (χ0) is 18.3. The maximum atomic E-state index is 12.7. The van der Waals surface area contributed by atoms with Crippen LogP contribution < -0.4 is 14.2 Å². The van der Waals surface area contributed by atoms with Gasteiger partial charge in [-0.2, -0.15) is 0 Å². The van der Waals surface area contributed by atoms with Crippen molar-refractivity contribution in [3.8, 4) is 17.2 Å². The van der Waals surface area contributed by atoms with Crippen molar-refractivity contribution >= 4 is 11.8 Å². The van der Waals surface area contributed by atoms with Gasteiger partial charge in [-0.1, -0.05) is 0 Å². The number of carbonyl (C=O) groups is 2. The minimum absolute atomic E-state index is 0.00197. The summed E-state index contributed by atoms with van der Waals surface area (Å²) in [5.74, 6) is 0.821. The molecule has 7 heteroatoms. The Kier molecular flexibility index (Phi) is 7.35. The molecular weight excluding hydrogens is 312 g/mol. The number of hydrogen-bond donors (Lipinski definition) is 0. The zero-order valence-corrected chi connectivity index (χ0v) is 15.2. The molecule has 1 aromatic rings. The van der Waals surface area contributed by atoms with Gasteiger partial charge in [-0.15, -0.1) is 0 Å². The Hall–Kier alpha value is -2.44. The van der Waals surface area contributed by atoms with Crippen LogP contribution in [0.3, 0.4) is 0 Å². The lowest BCUT2D eigenvalue weighted by atomic mass is 10.1. The highest BCUT2D eigenvalue weighted by Gasteiger charge is 2.23. The van der Waals surface area contributed by atoms with Crippen LogP contribution in [0.2, 0.25) is 0 Å². The molecule has 1 rings (SSSR count). The summed E-state index contributed by atoms with van der Waals surface area (Å²) in [5, 5.41) is 0. The molecule has 0 spiro atoms. The largest absolute Gasteiger partial charge is 0.496 e. The summed E-state index contributed by atoms with van der Waals surface area (Å²) in [4.78, 5) is 27.9. The van der Waals surface area contributed by atoms with Gasteiger partial charge in [-0.05, 0) is 13.8 Å². The third kappa shape index (κ3) is 4.31. The smallest absolute Gasteiger partial charge is 0.257 e. The number of carbonyl (C=O) groups excluding carboxylic acids is 2. The van der Waals surface area contributed by atoms with Crippen LogP contribution in [0.25, 0.3) is 0 Å². The molecule has 0 N–H and O–H groups in total. The molecule has 2 amide bonds. The lowest BCUT2D eigenvalue weighted by molar-refractivity contribution is -0.131. The van der Waals surface area contributed by atoms with Crippen molar-refractivity contribution in [3.63, 3.8) is 0 Å². The van der Waals surface area contributed by atoms with E-state index in [4.69, 9.17) is 14.2 Å². The number of nitrogens with zero attached hydrogens (tertiary/aromatic N) is 2. The third-order valence-electron chi connectivity index (χ3n) is 3.77. The SMILES string of the molecule is CCN(CC)C(=O)CN(C)C(=O)c1cc(OC)c(OC)cc1OC. The number of likely N-dealkylation sites (N-methyl/N-ethyl adjacent to an activating group) is 2. The molecule has 24 heavy (non-hydrogen) atoms. The predicted molar refractivity (Wildman–Crippen MR) is 91.0 cm³/mol. The van der Waals surface area contributed by atoms with Crippen LogP contribution in [0.15, 0.2) is 12.1 Å². The Morgan fingerprint density at radius 2 is 1.42 bits per heavy atom. The van der Waals surface area contributed by atoms with Gasteiger partial charge in [0, 0.05) is 32.3 Å². The second-order valence-electron chi connectivity index (χ2n) is 5.13. The van der Waals surface area contributed by atoms with Crippen LogP contribution in [0, 0.1) is 0 Å². The van der Waals surface area contributed by atoms with Crippen molar-refractivity contribution in [3.05, 3.63) is 17.7 Å². The predicted octanol–water partition coefficient (Wildman–Crippen LogP) is 1.65. The molecule has 0 bridgehead atoms. The summed E-state index contributed by atoms with van der Waals surface area (Å²) in [6.07, 6.45) is 0. The van der Waals surface area contributed by atoms with E-state index < -0.39 is 0 Å². The fourth-order valence-electron chi connectivity index (χ4n) is 2.35. The first-order valence-electron chi connectivity index (χ1n) is 7.76. The van der Waals surface area contributed by atoms with E-state index in [0.29, 0.717) is 35.9 Å². The number of amides is 2. The van der Waals surface area contributed by atoms with Crippen LogP contribution in [0.4, 0.5) is 0 Å². The Balaban J connectivity index is 3.07. The van der Waals surface area contributed by atoms with E-state index in [1.54, 1.807) is 24.1 Å². The van der Waals surface area contributed by atoms with Crippen molar-refractivity contribution in [2.24, 2.45) is 0 Å². The minimum Gasteiger partial charge on any atom is -0.496 e. The summed E-state index contributed by atoms with van der Waals surface area (Å²) >= 11 is 0. The van der Waals surface area contributed by atoms with Crippen molar-refractivity contribution in [2.45, 2.75) is 13.8 Å². The van der Waals surface area contributed by atoms with Crippen LogP contribution in [-0.2, 0) is 4.79 Å². The highest BCUT2D eigenvalue weighted by atomic mass is 16.5. The summed E-state index contributed by atoms with van der Waals surface area (Å²) in [5.41, 5.74) is 0.310. The molecule has 0 aliphatic rings. The molecule has 0 radical (unpaired) electrons. The molecule has 0 aromatic heterocycles. The van der Waals surface area contributed by atoms with Crippen LogP contribution in [0.1, 0.15) is 24.2 Å². The average molecular weight is 338 g/mol. The van der Waals surface area contributed by atoms with Crippen molar-refractivity contribution < 1.29 is 23.8 Å². The Morgan fingerprint density at radius 1 is 0.917 bits per heavy atom. The summed E-state index contributed by atoms with van der Waals surface area (Å²) in [7, 11) is 6.05. The maximum Gasteiger partial charge on any atom is 0.257 e. The van der Waals surface area contributed by atoms with Gasteiger partial charge < -0.3 is 24.0 Å². The van der Waals surface area contributed by atoms with E-state index in [1.165, 1.54) is 26.2 Å². The molecule has 0 unspecified atom stereocenters. The molecule has 0 atom stereocenters. The Morgan fingerprint density at radius 3 is 1.88 bits per heavy atom. The molecule has 134 valence electrons. The molecular formula is C17H26N2O5. The van der Waals surface area contributed by atoms with Crippen LogP contribution in [-0.4, -0.2) is 69.6 Å². The fraction of sp³-hybridized carbons (Fsp3) is 0.529. The van der Waals surface area contributed by atoms with Gasteiger partial charge in [0.05, 0.1) is 33.4 Å². The van der Waals surface area contributed by atoms with Gasteiger partial charge in [0.2, 0.25) is 5.91 Å². The third-order valence-corrected chi connectivity index (χ3v) is 3.77. The van der Waals surface area contributed by atoms with Gasteiger partial charge >= 0.3 is 0 Å². The summed E-state index contributed by atoms with van der Waals surface area (Å²) < 4.78 is 15.7. The molecule has 0 saturated carbocycles. The quantitative estimate of drug-likeness (QED) is 0.721. The highest BCUT2D eigenvalue weighted by Crippen LogP contribution is 2.35. The van der Waals surface area contributed by atoms with Crippen molar-refractivity contribution in [1.82, 2.24) is 9.80 Å². The monoisotopic (exact) mass is 338 g/mol. The van der Waals surface area contributed by atoms with Gasteiger partial charge in [-0.25, -0.2) is 0 Å². The molecule has 0 aliphatic carbocycles. The van der Waals surface area contributed by atoms with E-state index in [9.17, 15) is 9.59 Å². The Bertz CT molecular complexity index is 585. The van der Waals surface area contributed by atoms with Gasteiger partial charge in [0.1, 0.15) is 5.75 Å². The number of methoxy groups -OCH3 is 3. The van der Waals surface area contributed by atoms with Gasteiger partial charge in [0.15, 0.2) is 11.5 Å². The van der Waals surface area contributed by atoms with Gasteiger partial charge in [0.25, 0.3) is 5.91 Å². The number of rotatable bonds is 8. The standard InChI is InChI=1S/C17H26N2O5/c1-7-19(8-2)16(20)11-18(3)17(21)12-9-14(23-5)15(24-6)10-13(12)22-4/h9-10H,7-8,11H2,1-6H3. The minimum atomic E-state index is -0.326. The van der Waals surface area contributed by atoms with E-state index in [1.807, 2.05) is 13.8 Å². The molecule has 0 fully saturated rings. The van der Waals surface area contributed by atoms with Crippen LogP contribution in [0.5, 0.6) is 17.2 Å². The van der Waals surface area contributed by atoms with Crippen molar-refractivity contribution in [2.75, 3.05) is 48.0 Å². The topological polar surface area (TPSA) is 68.3 Å². The maximum absolute atomic E-state index is 12.7. The molecule has 1 aromatic carbocycles. The normalized spacial score (nSPS) is 10.1. The zero-order valence-electron chi connectivity index (χ0n) is 15.2. The fourth-order valence-corrected chi connectivity index (χ4v) is 2.35. The average Bonchev–Trinajstić information content (AvgIpc) is 2.60. The first kappa shape index (κ1) is 19.6. The van der Waals surface area contributed by atoms with Gasteiger partial charge in [-0.3, -0.25) is 9.59 Å². The van der Waals surface area contributed by atoms with E-state index in [2.05, 4.69) is 0 Å². The van der Waals surface area contributed by atoms with E-state index in [-0.39, 0.29) is 18.4 Å². The Labute approximate surface area is 143 Å². The number of ether oxygens (including phenoxy) is 3. The number of hydrogen-bond acceptors (Lipinski definition) is 5. The molecule has 0 aliphatic heterocycles. The van der Waals surface area contributed by atoms with E-state index in [0.717, 1.165) is 0 Å². The number of benzene rings is 1. The molecule has 0 heterocycles. The molecule has 7 nitrogen and oxygen atoms in total. The lowest BCUT2D eigenvalue weighted by Gasteiger charge is -2.24. The van der Waals surface area contributed by atoms with Crippen LogP contribution >= 0.6 is 0 Å². The lowest BCUT2D eigenvalue weighted by Crippen LogP contribution is -2.41. The summed E-state index contributed by atoms with van der Waals surface area (Å²) in [6, 6.07) is 3.14. The van der Waals surface area contributed by atoms with E-state index >= 15 is 0 Å². The van der Waals surface area contributed by atoms with Crippen molar-refractivity contribution in [1.29, 1.82) is 0 Å². The first-order valence-corrected chi connectivity index (χ1v) is 7.76. The first-order chi connectivity index (χ1) is 11.4. The highest BCUT2D eigenvalue weighted by molar-refractivity contribution is 5.99.